The van der Waals surface area contributed by atoms with Gasteiger partial charge >= 0.3 is 0 Å². The molecule has 0 bridgehead atoms. The molecule has 1 aliphatic carbocycles. The molecule has 1 aliphatic heterocycles. The third kappa shape index (κ3) is 2.88. The number of nitrogens with zero attached hydrogens (tertiary/aromatic N) is 2. The molecular formula is C18H22N4O. The SMILES string of the molecule is CC(C(=O)Nc1cc(C2CC2)nn1-c1ccccc1)C1CNC1. The van der Waals surface area contributed by atoms with Crippen molar-refractivity contribution < 1.29 is 4.79 Å². The van der Waals surface area contributed by atoms with Crippen molar-refractivity contribution in [3.8, 4) is 5.69 Å². The number of hydrogen-bond donors (Lipinski definition) is 2. The maximum atomic E-state index is 12.5. The molecule has 1 amide bonds. The molecule has 120 valence electrons. The van der Waals surface area contributed by atoms with Crippen LogP contribution in [0.5, 0.6) is 0 Å². The Kier molecular flexibility index (Phi) is 3.65. The van der Waals surface area contributed by atoms with E-state index in [-0.39, 0.29) is 11.8 Å². The van der Waals surface area contributed by atoms with E-state index < -0.39 is 0 Å². The Labute approximate surface area is 136 Å². The predicted molar refractivity (Wildman–Crippen MR) is 89.7 cm³/mol. The maximum Gasteiger partial charge on any atom is 0.228 e. The standard InChI is InChI=1S/C18H22N4O/c1-12(14-10-19-11-14)18(23)20-17-9-16(13-7-8-13)21-22(17)15-5-3-2-4-6-15/h2-6,9,12-14,19H,7-8,10-11H2,1H3,(H,20,23). The van der Waals surface area contributed by atoms with Crippen LogP contribution in [-0.2, 0) is 4.79 Å². The second-order valence-corrected chi connectivity index (χ2v) is 6.67. The molecule has 4 rings (SSSR count). The van der Waals surface area contributed by atoms with E-state index in [1.807, 2.05) is 48.0 Å². The highest BCUT2D eigenvalue weighted by atomic mass is 16.2. The van der Waals surface area contributed by atoms with Gasteiger partial charge < -0.3 is 10.6 Å². The lowest BCUT2D eigenvalue weighted by atomic mass is 9.88. The van der Waals surface area contributed by atoms with Crippen LogP contribution in [0.15, 0.2) is 36.4 Å². The molecule has 0 radical (unpaired) electrons. The van der Waals surface area contributed by atoms with E-state index in [9.17, 15) is 4.79 Å². The van der Waals surface area contributed by atoms with Crippen LogP contribution in [-0.4, -0.2) is 28.8 Å². The molecule has 1 unspecified atom stereocenters. The number of nitrogens with one attached hydrogen (secondary N) is 2. The van der Waals surface area contributed by atoms with Crippen LogP contribution in [0.4, 0.5) is 5.82 Å². The summed E-state index contributed by atoms with van der Waals surface area (Å²) in [6.45, 7) is 3.87. The van der Waals surface area contributed by atoms with Gasteiger partial charge in [-0.25, -0.2) is 4.68 Å². The predicted octanol–water partition coefficient (Wildman–Crippen LogP) is 2.54. The van der Waals surface area contributed by atoms with Crippen LogP contribution >= 0.6 is 0 Å². The lowest BCUT2D eigenvalue weighted by Gasteiger charge is -2.31. The van der Waals surface area contributed by atoms with Crippen molar-refractivity contribution in [3.05, 3.63) is 42.1 Å². The molecule has 0 spiro atoms. The number of rotatable bonds is 5. The van der Waals surface area contributed by atoms with Gasteiger partial charge in [-0.05, 0) is 44.0 Å². The van der Waals surface area contributed by atoms with E-state index in [1.165, 1.54) is 12.8 Å². The van der Waals surface area contributed by atoms with Gasteiger partial charge in [0.15, 0.2) is 0 Å². The van der Waals surface area contributed by atoms with Crippen LogP contribution in [0.1, 0.15) is 31.4 Å². The van der Waals surface area contributed by atoms with Crippen molar-refractivity contribution in [2.75, 3.05) is 18.4 Å². The highest BCUT2D eigenvalue weighted by molar-refractivity contribution is 5.92. The molecule has 1 saturated heterocycles. The van der Waals surface area contributed by atoms with Gasteiger partial charge in [0.2, 0.25) is 5.91 Å². The third-order valence-electron chi connectivity index (χ3n) is 4.91. The number of aromatic nitrogens is 2. The molecule has 2 N–H and O–H groups in total. The first-order chi connectivity index (χ1) is 11.2. The fourth-order valence-electron chi connectivity index (χ4n) is 2.95. The summed E-state index contributed by atoms with van der Waals surface area (Å²) in [5.74, 6) is 1.87. The van der Waals surface area contributed by atoms with Crippen LogP contribution in [0.2, 0.25) is 0 Å². The van der Waals surface area contributed by atoms with E-state index in [0.29, 0.717) is 11.8 Å². The Balaban J connectivity index is 1.60. The molecule has 1 aromatic carbocycles. The van der Waals surface area contributed by atoms with Gasteiger partial charge in [-0.3, -0.25) is 4.79 Å². The summed E-state index contributed by atoms with van der Waals surface area (Å²) in [7, 11) is 0. The summed E-state index contributed by atoms with van der Waals surface area (Å²) in [5.41, 5.74) is 2.06. The van der Waals surface area contributed by atoms with E-state index in [4.69, 9.17) is 5.10 Å². The summed E-state index contributed by atoms with van der Waals surface area (Å²) >= 11 is 0. The summed E-state index contributed by atoms with van der Waals surface area (Å²) in [5, 5.41) is 11.0. The van der Waals surface area contributed by atoms with Crippen LogP contribution in [0, 0.1) is 11.8 Å². The van der Waals surface area contributed by atoms with Gasteiger partial charge in [0.25, 0.3) is 0 Å². The Morgan fingerprint density at radius 1 is 1.30 bits per heavy atom. The number of anilines is 1. The van der Waals surface area contributed by atoms with Crippen LogP contribution in [0.3, 0.4) is 0 Å². The lowest BCUT2D eigenvalue weighted by Crippen LogP contribution is -2.48. The molecule has 1 atom stereocenters. The molecule has 2 fully saturated rings. The molecule has 23 heavy (non-hydrogen) atoms. The monoisotopic (exact) mass is 310 g/mol. The fourth-order valence-corrected chi connectivity index (χ4v) is 2.95. The van der Waals surface area contributed by atoms with Crippen LogP contribution in [0.25, 0.3) is 5.69 Å². The van der Waals surface area contributed by atoms with Crippen molar-refractivity contribution in [2.24, 2.45) is 11.8 Å². The summed E-state index contributed by atoms with van der Waals surface area (Å²) in [4.78, 5) is 12.5. The minimum atomic E-state index is 0.0137. The number of amides is 1. The number of benzene rings is 1. The lowest BCUT2D eigenvalue weighted by molar-refractivity contribution is -0.121. The molecule has 2 heterocycles. The molecule has 2 aliphatic rings. The van der Waals surface area contributed by atoms with Gasteiger partial charge in [0.05, 0.1) is 11.4 Å². The average Bonchev–Trinajstić information content (AvgIpc) is 3.28. The van der Waals surface area contributed by atoms with E-state index in [0.717, 1.165) is 30.3 Å². The van der Waals surface area contributed by atoms with Crippen molar-refractivity contribution in [3.63, 3.8) is 0 Å². The largest absolute Gasteiger partial charge is 0.316 e. The topological polar surface area (TPSA) is 59.0 Å². The Morgan fingerprint density at radius 3 is 2.65 bits per heavy atom. The number of carbonyl (C=O) groups is 1. The normalized spacial score (nSPS) is 19.2. The molecule has 5 heteroatoms. The first kappa shape index (κ1) is 14.5. The van der Waals surface area contributed by atoms with Crippen molar-refractivity contribution in [2.45, 2.75) is 25.7 Å². The minimum absolute atomic E-state index is 0.0137. The van der Waals surface area contributed by atoms with Gasteiger partial charge in [-0.1, -0.05) is 25.1 Å². The smallest absolute Gasteiger partial charge is 0.228 e. The average molecular weight is 310 g/mol. The van der Waals surface area contributed by atoms with Gasteiger partial charge in [0, 0.05) is 17.9 Å². The van der Waals surface area contributed by atoms with Gasteiger partial charge in [0.1, 0.15) is 5.82 Å². The van der Waals surface area contributed by atoms with E-state index >= 15 is 0 Å². The summed E-state index contributed by atoms with van der Waals surface area (Å²) in [6.07, 6.45) is 2.40. The summed E-state index contributed by atoms with van der Waals surface area (Å²) < 4.78 is 1.86. The molecule has 5 nitrogen and oxygen atoms in total. The Bertz CT molecular complexity index is 701. The number of carbonyl (C=O) groups excluding carboxylic acids is 1. The van der Waals surface area contributed by atoms with Crippen molar-refractivity contribution >= 4 is 11.7 Å². The zero-order chi connectivity index (χ0) is 15.8. The van der Waals surface area contributed by atoms with Gasteiger partial charge in [-0.2, -0.15) is 5.10 Å². The second-order valence-electron chi connectivity index (χ2n) is 6.67. The molecular weight excluding hydrogens is 288 g/mol. The van der Waals surface area contributed by atoms with E-state index in [2.05, 4.69) is 10.6 Å². The highest BCUT2D eigenvalue weighted by Gasteiger charge is 2.31. The Morgan fingerprint density at radius 2 is 2.04 bits per heavy atom. The first-order valence-corrected chi connectivity index (χ1v) is 8.39. The maximum absolute atomic E-state index is 12.5. The quantitative estimate of drug-likeness (QED) is 0.892. The Hall–Kier alpha value is -2.14. The zero-order valence-electron chi connectivity index (χ0n) is 13.3. The van der Waals surface area contributed by atoms with Gasteiger partial charge in [-0.15, -0.1) is 0 Å². The zero-order valence-corrected chi connectivity index (χ0v) is 13.3. The minimum Gasteiger partial charge on any atom is -0.316 e. The second kappa shape index (κ2) is 5.81. The van der Waals surface area contributed by atoms with E-state index in [1.54, 1.807) is 0 Å². The van der Waals surface area contributed by atoms with Crippen LogP contribution < -0.4 is 10.6 Å². The van der Waals surface area contributed by atoms with Crippen molar-refractivity contribution in [1.82, 2.24) is 15.1 Å². The molecule has 2 aromatic rings. The first-order valence-electron chi connectivity index (χ1n) is 8.39. The molecule has 1 saturated carbocycles. The third-order valence-corrected chi connectivity index (χ3v) is 4.91. The summed E-state index contributed by atoms with van der Waals surface area (Å²) in [6, 6.07) is 12.0. The fraction of sp³-hybridized carbons (Fsp3) is 0.444. The highest BCUT2D eigenvalue weighted by Crippen LogP contribution is 2.40. The molecule has 1 aromatic heterocycles. The number of para-hydroxylation sites is 1. The van der Waals surface area contributed by atoms with Crippen molar-refractivity contribution in [1.29, 1.82) is 0 Å². The number of hydrogen-bond acceptors (Lipinski definition) is 3.